The first-order valence-corrected chi connectivity index (χ1v) is 11.5. The lowest BCUT2D eigenvalue weighted by atomic mass is 10.1. The number of anilines is 2. The lowest BCUT2D eigenvalue weighted by molar-refractivity contribution is -0.114. The van der Waals surface area contributed by atoms with Crippen molar-refractivity contribution in [3.63, 3.8) is 0 Å². The first-order chi connectivity index (χ1) is 14.6. The van der Waals surface area contributed by atoms with Gasteiger partial charge in [0.1, 0.15) is 5.69 Å². The van der Waals surface area contributed by atoms with Crippen LogP contribution < -0.4 is 10.2 Å². The van der Waals surface area contributed by atoms with Gasteiger partial charge in [0.2, 0.25) is 5.91 Å². The lowest BCUT2D eigenvalue weighted by Gasteiger charge is -2.24. The molecule has 30 heavy (non-hydrogen) atoms. The fraction of sp³-hybridized carbons (Fsp3) is 0.286. The molecule has 1 N–H and O–H groups in total. The van der Waals surface area contributed by atoms with E-state index in [1.54, 1.807) is 11.8 Å². The fourth-order valence-electron chi connectivity index (χ4n) is 2.81. The van der Waals surface area contributed by atoms with Crippen molar-refractivity contribution in [2.45, 2.75) is 31.7 Å². The molecule has 0 bridgehead atoms. The molecule has 3 rings (SSSR count). The first-order valence-electron chi connectivity index (χ1n) is 9.67. The second kappa shape index (κ2) is 10.8. The number of hydrogen-bond acceptors (Lipinski definition) is 8. The lowest BCUT2D eigenvalue weighted by Crippen LogP contribution is -2.22. The Morgan fingerprint density at radius 2 is 1.93 bits per heavy atom. The standard InChI is InChI=1S/C21H24N6OS2/c1-4-27(14-16-9-7-6-8-10-16)17-11-12-18(19(13-17)22-15(3)28)23-24-20-25-26-21(30-20)29-5-2/h6-13H,4-5,14H2,1-3H3,(H,22,28). The second-order valence-electron chi connectivity index (χ2n) is 6.37. The monoisotopic (exact) mass is 440 g/mol. The molecule has 7 nitrogen and oxygen atoms in total. The number of hydrogen-bond donors (Lipinski definition) is 1. The van der Waals surface area contributed by atoms with Gasteiger partial charge in [0.15, 0.2) is 4.34 Å². The Morgan fingerprint density at radius 1 is 1.13 bits per heavy atom. The topological polar surface area (TPSA) is 82.8 Å². The summed E-state index contributed by atoms with van der Waals surface area (Å²) in [6.45, 7) is 7.26. The van der Waals surface area contributed by atoms with Gasteiger partial charge in [-0.25, -0.2) is 0 Å². The number of nitrogens with one attached hydrogen (secondary N) is 1. The molecule has 0 fully saturated rings. The zero-order valence-electron chi connectivity index (χ0n) is 17.2. The van der Waals surface area contributed by atoms with Gasteiger partial charge in [0.25, 0.3) is 5.13 Å². The van der Waals surface area contributed by atoms with Crippen LogP contribution in [0.4, 0.5) is 22.2 Å². The molecule has 0 spiro atoms. The van der Waals surface area contributed by atoms with E-state index in [2.05, 4.69) is 56.6 Å². The van der Waals surface area contributed by atoms with Crippen molar-refractivity contribution in [2.75, 3.05) is 22.5 Å². The minimum absolute atomic E-state index is 0.160. The van der Waals surface area contributed by atoms with E-state index >= 15 is 0 Å². The van der Waals surface area contributed by atoms with E-state index in [1.807, 2.05) is 36.4 Å². The van der Waals surface area contributed by atoms with Crippen LogP contribution in [-0.2, 0) is 11.3 Å². The molecule has 0 radical (unpaired) electrons. The van der Waals surface area contributed by atoms with Crippen molar-refractivity contribution in [2.24, 2.45) is 10.2 Å². The number of amides is 1. The molecule has 0 atom stereocenters. The number of benzene rings is 2. The van der Waals surface area contributed by atoms with Gasteiger partial charge in [-0.05, 0) is 36.4 Å². The number of aromatic nitrogens is 2. The molecule has 1 heterocycles. The smallest absolute Gasteiger partial charge is 0.252 e. The average Bonchev–Trinajstić information content (AvgIpc) is 3.19. The third-order valence-electron chi connectivity index (χ3n) is 4.16. The van der Waals surface area contributed by atoms with Crippen LogP contribution in [0.15, 0.2) is 63.1 Å². The molecular weight excluding hydrogens is 416 g/mol. The van der Waals surface area contributed by atoms with Gasteiger partial charge in [-0.3, -0.25) is 4.79 Å². The molecule has 0 aliphatic heterocycles. The van der Waals surface area contributed by atoms with Gasteiger partial charge in [-0.1, -0.05) is 60.4 Å². The highest BCUT2D eigenvalue weighted by Crippen LogP contribution is 2.33. The van der Waals surface area contributed by atoms with E-state index in [9.17, 15) is 4.79 Å². The van der Waals surface area contributed by atoms with Crippen molar-refractivity contribution in [3.8, 4) is 0 Å². The van der Waals surface area contributed by atoms with Gasteiger partial charge < -0.3 is 10.2 Å². The van der Waals surface area contributed by atoms with E-state index in [1.165, 1.54) is 23.8 Å². The van der Waals surface area contributed by atoms with E-state index in [4.69, 9.17) is 0 Å². The van der Waals surface area contributed by atoms with Crippen LogP contribution in [0.2, 0.25) is 0 Å². The molecule has 9 heteroatoms. The number of azo groups is 1. The molecule has 0 aliphatic rings. The van der Waals surface area contributed by atoms with Gasteiger partial charge in [-0.2, -0.15) is 0 Å². The number of carbonyl (C=O) groups is 1. The zero-order chi connectivity index (χ0) is 21.3. The predicted molar refractivity (Wildman–Crippen MR) is 124 cm³/mol. The quantitative estimate of drug-likeness (QED) is 0.323. The van der Waals surface area contributed by atoms with Crippen molar-refractivity contribution in [3.05, 3.63) is 54.1 Å². The van der Waals surface area contributed by atoms with Crippen molar-refractivity contribution >= 4 is 51.2 Å². The Bertz CT molecular complexity index is 1010. The van der Waals surface area contributed by atoms with E-state index in [0.717, 1.165) is 28.9 Å². The fourth-order valence-corrected chi connectivity index (χ4v) is 4.37. The maximum absolute atomic E-state index is 11.7. The van der Waals surface area contributed by atoms with Crippen LogP contribution in [0, 0.1) is 0 Å². The van der Waals surface area contributed by atoms with Crippen molar-refractivity contribution in [1.29, 1.82) is 0 Å². The summed E-state index contributed by atoms with van der Waals surface area (Å²) in [4.78, 5) is 14.0. The average molecular weight is 441 g/mol. The molecule has 2 aromatic carbocycles. The summed E-state index contributed by atoms with van der Waals surface area (Å²) in [6.07, 6.45) is 0. The summed E-state index contributed by atoms with van der Waals surface area (Å²) in [5, 5.41) is 20.0. The SMILES string of the molecule is CCSc1nnc(N=Nc2ccc(N(CC)Cc3ccccc3)cc2NC(C)=O)s1. The van der Waals surface area contributed by atoms with E-state index in [-0.39, 0.29) is 5.91 Å². The van der Waals surface area contributed by atoms with E-state index < -0.39 is 0 Å². The first kappa shape index (κ1) is 21.9. The minimum atomic E-state index is -0.160. The molecule has 0 aliphatic carbocycles. The summed E-state index contributed by atoms with van der Waals surface area (Å²) < 4.78 is 0.864. The van der Waals surface area contributed by atoms with Crippen LogP contribution in [0.25, 0.3) is 0 Å². The summed E-state index contributed by atoms with van der Waals surface area (Å²) in [6, 6.07) is 16.1. The van der Waals surface area contributed by atoms with Gasteiger partial charge in [-0.15, -0.1) is 20.4 Å². The third kappa shape index (κ3) is 6.11. The predicted octanol–water partition coefficient (Wildman–Crippen LogP) is 6.05. The number of nitrogens with zero attached hydrogens (tertiary/aromatic N) is 5. The zero-order valence-corrected chi connectivity index (χ0v) is 18.8. The van der Waals surface area contributed by atoms with Crippen LogP contribution in [0.3, 0.4) is 0 Å². The van der Waals surface area contributed by atoms with E-state index in [0.29, 0.717) is 16.5 Å². The Balaban J connectivity index is 1.84. The van der Waals surface area contributed by atoms with Gasteiger partial charge in [0.05, 0.1) is 5.69 Å². The number of rotatable bonds is 9. The Hall–Kier alpha value is -2.78. The van der Waals surface area contributed by atoms with Crippen molar-refractivity contribution < 1.29 is 4.79 Å². The highest BCUT2D eigenvalue weighted by molar-refractivity contribution is 8.01. The maximum Gasteiger partial charge on any atom is 0.252 e. The molecule has 1 amide bonds. The van der Waals surface area contributed by atoms with Crippen LogP contribution in [-0.4, -0.2) is 28.4 Å². The Labute approximate surface area is 184 Å². The highest BCUT2D eigenvalue weighted by atomic mass is 32.2. The molecule has 156 valence electrons. The molecule has 3 aromatic rings. The van der Waals surface area contributed by atoms with Crippen LogP contribution in [0.1, 0.15) is 26.3 Å². The maximum atomic E-state index is 11.7. The van der Waals surface area contributed by atoms with Crippen molar-refractivity contribution in [1.82, 2.24) is 10.2 Å². The molecule has 0 saturated carbocycles. The Kier molecular flexibility index (Phi) is 7.92. The minimum Gasteiger partial charge on any atom is -0.367 e. The summed E-state index contributed by atoms with van der Waals surface area (Å²) >= 11 is 3.01. The summed E-state index contributed by atoms with van der Waals surface area (Å²) in [5.41, 5.74) is 3.41. The molecule has 0 unspecified atom stereocenters. The van der Waals surface area contributed by atoms with Crippen LogP contribution >= 0.6 is 23.1 Å². The summed E-state index contributed by atoms with van der Waals surface area (Å²) in [7, 11) is 0. The van der Waals surface area contributed by atoms with Gasteiger partial charge in [0, 0.05) is 25.7 Å². The molecule has 0 saturated heterocycles. The van der Waals surface area contributed by atoms with Gasteiger partial charge >= 0.3 is 0 Å². The Morgan fingerprint density at radius 3 is 2.63 bits per heavy atom. The summed E-state index contributed by atoms with van der Waals surface area (Å²) in [5.74, 6) is 0.767. The number of carbonyl (C=O) groups excluding carboxylic acids is 1. The normalized spacial score (nSPS) is 11.0. The molecule has 1 aromatic heterocycles. The highest BCUT2D eigenvalue weighted by Gasteiger charge is 2.11. The largest absolute Gasteiger partial charge is 0.367 e. The number of thioether (sulfide) groups is 1. The third-order valence-corrected chi connectivity index (χ3v) is 5.98. The van der Waals surface area contributed by atoms with Crippen LogP contribution in [0.5, 0.6) is 0 Å². The molecular formula is C21H24N6OS2. The second-order valence-corrected chi connectivity index (χ2v) is 8.83.